The third-order valence-corrected chi connectivity index (χ3v) is 8.13. The number of rotatable bonds is 10. The zero-order chi connectivity index (χ0) is 27.2. The van der Waals surface area contributed by atoms with Gasteiger partial charge in [0, 0.05) is 18.1 Å². The van der Waals surface area contributed by atoms with Gasteiger partial charge in [-0.2, -0.15) is 0 Å². The maximum atomic E-state index is 13.8. The first-order valence-corrected chi connectivity index (χ1v) is 13.8. The van der Waals surface area contributed by atoms with Crippen LogP contribution in [0.1, 0.15) is 30.5 Å². The molecule has 196 valence electrons. The normalized spacial score (nSPS) is 12.0. The van der Waals surface area contributed by atoms with Crippen molar-refractivity contribution in [3.63, 3.8) is 0 Å². The Kier molecular flexibility index (Phi) is 9.34. The largest absolute Gasteiger partial charge is 0.355 e. The lowest BCUT2D eigenvalue weighted by molar-refractivity contribution is -0.139. The molecule has 0 heterocycles. The van der Waals surface area contributed by atoms with E-state index < -0.39 is 28.5 Å². The number of nitrogens with one attached hydrogen (secondary N) is 1. The maximum absolute atomic E-state index is 13.8. The first kappa shape index (κ1) is 28.2. The molecule has 0 spiro atoms. The molecular formula is C28H32ClN3O4S. The zero-order valence-electron chi connectivity index (χ0n) is 21.4. The molecule has 0 aliphatic heterocycles. The predicted molar refractivity (Wildman–Crippen MR) is 147 cm³/mol. The summed E-state index contributed by atoms with van der Waals surface area (Å²) in [4.78, 5) is 28.0. The van der Waals surface area contributed by atoms with Crippen LogP contribution in [0.15, 0.2) is 77.7 Å². The van der Waals surface area contributed by atoms with Crippen LogP contribution in [0, 0.1) is 13.8 Å². The standard InChI is InChI=1S/C28H32ClN3O4S/c1-5-30-28(34)22(4)31(18-23-10-7-6-9-21(23)3)27(33)19-32(25-12-8-11-24(29)17-25)37(35,36)26-15-13-20(2)14-16-26/h6-17,22H,5,18-19H2,1-4H3,(H,30,34)/t22-/m0/s1. The van der Waals surface area contributed by atoms with Crippen LogP contribution in [0.4, 0.5) is 5.69 Å². The van der Waals surface area contributed by atoms with Crippen LogP contribution < -0.4 is 9.62 Å². The number of carbonyl (C=O) groups excluding carboxylic acids is 2. The molecule has 2 amide bonds. The fourth-order valence-electron chi connectivity index (χ4n) is 3.87. The van der Waals surface area contributed by atoms with Crippen LogP contribution in [0.25, 0.3) is 0 Å². The molecule has 0 aromatic heterocycles. The third-order valence-electron chi connectivity index (χ3n) is 6.10. The summed E-state index contributed by atoms with van der Waals surface area (Å²) in [6, 6.07) is 19.5. The second kappa shape index (κ2) is 12.3. The number of halogens is 1. The van der Waals surface area contributed by atoms with Crippen molar-refractivity contribution in [2.75, 3.05) is 17.4 Å². The molecule has 7 nitrogen and oxygen atoms in total. The molecule has 0 saturated heterocycles. The monoisotopic (exact) mass is 541 g/mol. The van der Waals surface area contributed by atoms with Gasteiger partial charge in [-0.05, 0) is 69.2 Å². The van der Waals surface area contributed by atoms with Crippen LogP contribution in [0.3, 0.4) is 0 Å². The van der Waals surface area contributed by atoms with E-state index in [0.29, 0.717) is 11.6 Å². The lowest BCUT2D eigenvalue weighted by Gasteiger charge is -2.32. The number of sulfonamides is 1. The molecule has 3 aromatic rings. The van der Waals surface area contributed by atoms with Crippen molar-refractivity contribution in [2.24, 2.45) is 0 Å². The van der Waals surface area contributed by atoms with Crippen molar-refractivity contribution in [3.05, 3.63) is 94.5 Å². The summed E-state index contributed by atoms with van der Waals surface area (Å²) in [5, 5.41) is 3.09. The van der Waals surface area contributed by atoms with Crippen molar-refractivity contribution in [1.29, 1.82) is 0 Å². The van der Waals surface area contributed by atoms with Gasteiger partial charge in [0.25, 0.3) is 10.0 Å². The number of hydrogen-bond acceptors (Lipinski definition) is 4. The van der Waals surface area contributed by atoms with Crippen molar-refractivity contribution in [2.45, 2.75) is 45.2 Å². The minimum absolute atomic E-state index is 0.0492. The number of amides is 2. The molecule has 9 heteroatoms. The second-order valence-corrected chi connectivity index (χ2v) is 11.1. The van der Waals surface area contributed by atoms with Gasteiger partial charge in [0.15, 0.2) is 0 Å². The highest BCUT2D eigenvalue weighted by atomic mass is 35.5. The number of hydrogen-bond donors (Lipinski definition) is 1. The topological polar surface area (TPSA) is 86.8 Å². The average Bonchev–Trinajstić information content (AvgIpc) is 2.86. The van der Waals surface area contributed by atoms with Crippen LogP contribution in [0.2, 0.25) is 5.02 Å². The molecule has 0 radical (unpaired) electrons. The van der Waals surface area contributed by atoms with Crippen LogP contribution >= 0.6 is 11.6 Å². The Morgan fingerprint density at radius 3 is 2.27 bits per heavy atom. The quantitative estimate of drug-likeness (QED) is 0.403. The lowest BCUT2D eigenvalue weighted by atomic mass is 10.1. The minimum Gasteiger partial charge on any atom is -0.355 e. The molecule has 37 heavy (non-hydrogen) atoms. The molecule has 0 fully saturated rings. The number of benzene rings is 3. The number of carbonyl (C=O) groups is 2. The van der Waals surface area contributed by atoms with Gasteiger partial charge in [-0.1, -0.05) is 59.6 Å². The van der Waals surface area contributed by atoms with E-state index in [2.05, 4.69) is 5.32 Å². The zero-order valence-corrected chi connectivity index (χ0v) is 23.0. The van der Waals surface area contributed by atoms with Gasteiger partial charge < -0.3 is 10.2 Å². The highest BCUT2D eigenvalue weighted by Crippen LogP contribution is 2.27. The van der Waals surface area contributed by atoms with Crippen LogP contribution in [-0.2, 0) is 26.2 Å². The van der Waals surface area contributed by atoms with E-state index in [9.17, 15) is 18.0 Å². The van der Waals surface area contributed by atoms with Gasteiger partial charge in [-0.15, -0.1) is 0 Å². The lowest BCUT2D eigenvalue weighted by Crippen LogP contribution is -2.51. The fourth-order valence-corrected chi connectivity index (χ4v) is 5.46. The number of aryl methyl sites for hydroxylation is 2. The summed E-state index contributed by atoms with van der Waals surface area (Å²) in [6.07, 6.45) is 0. The number of nitrogens with zero attached hydrogens (tertiary/aromatic N) is 2. The van der Waals surface area contributed by atoms with Gasteiger partial charge in [-0.3, -0.25) is 13.9 Å². The van der Waals surface area contributed by atoms with E-state index in [-0.39, 0.29) is 23.0 Å². The Morgan fingerprint density at radius 2 is 1.65 bits per heavy atom. The minimum atomic E-state index is -4.13. The summed E-state index contributed by atoms with van der Waals surface area (Å²) in [6.45, 7) is 7.28. The summed E-state index contributed by atoms with van der Waals surface area (Å²) < 4.78 is 28.6. The Labute approximate surface area is 224 Å². The van der Waals surface area contributed by atoms with Crippen molar-refractivity contribution in [3.8, 4) is 0 Å². The molecule has 1 atom stereocenters. The molecule has 0 unspecified atom stereocenters. The Bertz CT molecular complexity index is 1360. The second-order valence-electron chi connectivity index (χ2n) is 8.82. The Balaban J connectivity index is 2.04. The van der Waals surface area contributed by atoms with E-state index in [0.717, 1.165) is 21.0 Å². The van der Waals surface area contributed by atoms with E-state index in [4.69, 9.17) is 11.6 Å². The van der Waals surface area contributed by atoms with Gasteiger partial charge in [0.1, 0.15) is 12.6 Å². The Morgan fingerprint density at radius 1 is 0.973 bits per heavy atom. The summed E-state index contributed by atoms with van der Waals surface area (Å²) in [5.74, 6) is -0.835. The first-order chi connectivity index (χ1) is 17.5. The summed E-state index contributed by atoms with van der Waals surface area (Å²) in [5.41, 5.74) is 2.98. The highest BCUT2D eigenvalue weighted by molar-refractivity contribution is 7.92. The van der Waals surface area contributed by atoms with Crippen molar-refractivity contribution in [1.82, 2.24) is 10.2 Å². The number of anilines is 1. The smallest absolute Gasteiger partial charge is 0.264 e. The van der Waals surface area contributed by atoms with Gasteiger partial charge in [-0.25, -0.2) is 8.42 Å². The van der Waals surface area contributed by atoms with Gasteiger partial charge >= 0.3 is 0 Å². The SMILES string of the molecule is CCNC(=O)[C@H](C)N(Cc1ccccc1C)C(=O)CN(c1cccc(Cl)c1)S(=O)(=O)c1ccc(C)cc1. The fraction of sp³-hybridized carbons (Fsp3) is 0.286. The van der Waals surface area contributed by atoms with Crippen LogP contribution in [-0.4, -0.2) is 44.3 Å². The Hall–Kier alpha value is -3.36. The third kappa shape index (κ3) is 6.90. The van der Waals surface area contributed by atoms with Gasteiger partial charge in [0.2, 0.25) is 11.8 Å². The van der Waals surface area contributed by atoms with E-state index in [1.165, 1.54) is 23.1 Å². The molecule has 3 rings (SSSR count). The van der Waals surface area contributed by atoms with E-state index in [1.54, 1.807) is 44.2 Å². The van der Waals surface area contributed by atoms with E-state index in [1.807, 2.05) is 38.1 Å². The van der Waals surface area contributed by atoms with Gasteiger partial charge in [0.05, 0.1) is 10.6 Å². The molecular weight excluding hydrogens is 510 g/mol. The predicted octanol–water partition coefficient (Wildman–Crippen LogP) is 4.71. The molecule has 0 aliphatic carbocycles. The maximum Gasteiger partial charge on any atom is 0.264 e. The summed E-state index contributed by atoms with van der Waals surface area (Å²) >= 11 is 6.19. The molecule has 0 bridgehead atoms. The molecule has 0 aliphatic rings. The first-order valence-electron chi connectivity index (χ1n) is 12.0. The molecule has 1 N–H and O–H groups in total. The van der Waals surface area contributed by atoms with Crippen molar-refractivity contribution < 1.29 is 18.0 Å². The van der Waals surface area contributed by atoms with Crippen molar-refractivity contribution >= 4 is 39.1 Å². The number of likely N-dealkylation sites (N-methyl/N-ethyl adjacent to an activating group) is 1. The molecule has 0 saturated carbocycles. The van der Waals surface area contributed by atoms with E-state index >= 15 is 0 Å². The molecule has 3 aromatic carbocycles. The summed E-state index contributed by atoms with van der Waals surface area (Å²) in [7, 11) is -4.13. The highest BCUT2D eigenvalue weighted by Gasteiger charge is 2.32. The average molecular weight is 542 g/mol. The van der Waals surface area contributed by atoms with Crippen LogP contribution in [0.5, 0.6) is 0 Å².